The third kappa shape index (κ3) is 6.32. The number of nitrogens with zero attached hydrogens (tertiary/aromatic N) is 1. The van der Waals surface area contributed by atoms with Crippen LogP contribution in [0.1, 0.15) is 15.9 Å². The van der Waals surface area contributed by atoms with Crippen molar-refractivity contribution < 1.29 is 23.9 Å². The number of methoxy groups -OCH3 is 1. The molecule has 0 spiro atoms. The Balaban J connectivity index is 1.26. The van der Waals surface area contributed by atoms with E-state index in [-0.39, 0.29) is 5.91 Å². The number of fused-ring (bicyclic) bond motifs is 1. The van der Waals surface area contributed by atoms with E-state index in [1.807, 2.05) is 30.3 Å². The molecule has 8 heteroatoms. The van der Waals surface area contributed by atoms with Crippen LogP contribution in [0.25, 0.3) is 17.0 Å². The molecule has 8 nitrogen and oxygen atoms in total. The molecular formula is C28H23N3O5. The Hall–Kier alpha value is -4.98. The summed E-state index contributed by atoms with van der Waals surface area (Å²) in [5, 5.41) is 6.37. The zero-order valence-electron chi connectivity index (χ0n) is 19.4. The molecule has 1 aromatic heterocycles. The van der Waals surface area contributed by atoms with E-state index >= 15 is 0 Å². The summed E-state index contributed by atoms with van der Waals surface area (Å²) in [5.41, 5.74) is 3.05. The average Bonchev–Trinajstić information content (AvgIpc) is 2.91. The topological polar surface area (TPSA) is 107 Å². The van der Waals surface area contributed by atoms with Gasteiger partial charge in [0, 0.05) is 40.2 Å². The van der Waals surface area contributed by atoms with Gasteiger partial charge in [0.1, 0.15) is 5.75 Å². The average molecular weight is 482 g/mol. The number of pyridine rings is 1. The summed E-state index contributed by atoms with van der Waals surface area (Å²) in [5.74, 6) is -0.750. The van der Waals surface area contributed by atoms with Crippen molar-refractivity contribution in [3.63, 3.8) is 0 Å². The number of aromatic nitrogens is 1. The van der Waals surface area contributed by atoms with Gasteiger partial charge in [0.05, 0.1) is 12.6 Å². The summed E-state index contributed by atoms with van der Waals surface area (Å²) in [7, 11) is 1.57. The van der Waals surface area contributed by atoms with Crippen LogP contribution in [-0.4, -0.2) is 36.5 Å². The van der Waals surface area contributed by atoms with Crippen LogP contribution in [0, 0.1) is 0 Å². The molecule has 0 bridgehead atoms. The minimum atomic E-state index is -0.649. The molecule has 1 heterocycles. The standard InChI is InChI=1S/C28H23N3O5/c1-35-24-14-12-23(13-15-24)31-28(34)21-7-10-22(11-8-21)30-25(32)18-36-26(33)16-9-20-5-2-4-19-6-3-17-29-27(19)20/h2-17H,18H2,1H3,(H,30,32)(H,31,34)/b16-9+. The van der Waals surface area contributed by atoms with Gasteiger partial charge in [-0.25, -0.2) is 4.79 Å². The van der Waals surface area contributed by atoms with Gasteiger partial charge in [-0.3, -0.25) is 14.6 Å². The SMILES string of the molecule is COc1ccc(NC(=O)c2ccc(NC(=O)COC(=O)/C=C/c3cccc4cccnc34)cc2)cc1. The number of nitrogens with one attached hydrogen (secondary N) is 2. The Kier molecular flexibility index (Phi) is 7.67. The van der Waals surface area contributed by atoms with Crippen LogP contribution >= 0.6 is 0 Å². The van der Waals surface area contributed by atoms with E-state index in [1.54, 1.807) is 67.9 Å². The van der Waals surface area contributed by atoms with Crippen molar-refractivity contribution in [2.45, 2.75) is 0 Å². The number of amides is 2. The largest absolute Gasteiger partial charge is 0.497 e. The molecule has 0 fully saturated rings. The van der Waals surface area contributed by atoms with Crippen molar-refractivity contribution in [1.29, 1.82) is 0 Å². The van der Waals surface area contributed by atoms with Crippen molar-refractivity contribution in [3.8, 4) is 5.75 Å². The summed E-state index contributed by atoms with van der Waals surface area (Å²) in [6.07, 6.45) is 4.54. The van der Waals surface area contributed by atoms with Crippen molar-refractivity contribution in [1.82, 2.24) is 4.98 Å². The lowest BCUT2D eigenvalue weighted by Crippen LogP contribution is -2.20. The Bertz CT molecular complexity index is 1410. The number of benzene rings is 3. The monoisotopic (exact) mass is 481 g/mol. The first-order chi connectivity index (χ1) is 17.5. The van der Waals surface area contributed by atoms with E-state index in [0.717, 1.165) is 16.5 Å². The molecule has 0 radical (unpaired) electrons. The van der Waals surface area contributed by atoms with Gasteiger partial charge in [-0.15, -0.1) is 0 Å². The maximum absolute atomic E-state index is 12.4. The fourth-order valence-electron chi connectivity index (χ4n) is 3.38. The van der Waals surface area contributed by atoms with Crippen LogP contribution in [0.15, 0.2) is 91.1 Å². The molecule has 36 heavy (non-hydrogen) atoms. The zero-order valence-corrected chi connectivity index (χ0v) is 19.4. The first kappa shape index (κ1) is 24.2. The third-order valence-electron chi connectivity index (χ3n) is 5.19. The number of hydrogen-bond donors (Lipinski definition) is 2. The highest BCUT2D eigenvalue weighted by atomic mass is 16.5. The molecule has 180 valence electrons. The highest BCUT2D eigenvalue weighted by Crippen LogP contribution is 2.18. The lowest BCUT2D eigenvalue weighted by atomic mass is 10.1. The number of esters is 1. The molecule has 4 rings (SSSR count). The second kappa shape index (κ2) is 11.4. The van der Waals surface area contributed by atoms with Crippen LogP contribution in [-0.2, 0) is 14.3 Å². The van der Waals surface area contributed by atoms with Crippen molar-refractivity contribution >= 4 is 46.1 Å². The Morgan fingerprint density at radius 3 is 2.31 bits per heavy atom. The Labute approximate surface area is 207 Å². The normalized spacial score (nSPS) is 10.7. The predicted octanol–water partition coefficient (Wildman–Crippen LogP) is 4.69. The fourth-order valence-corrected chi connectivity index (χ4v) is 3.38. The van der Waals surface area contributed by atoms with Crippen LogP contribution in [0.2, 0.25) is 0 Å². The number of carbonyl (C=O) groups excluding carboxylic acids is 3. The van der Waals surface area contributed by atoms with Gasteiger partial charge in [0.2, 0.25) is 0 Å². The quantitative estimate of drug-likeness (QED) is 0.279. The van der Waals surface area contributed by atoms with Gasteiger partial charge in [0.25, 0.3) is 11.8 Å². The summed E-state index contributed by atoms with van der Waals surface area (Å²) >= 11 is 0. The van der Waals surface area contributed by atoms with E-state index in [0.29, 0.717) is 22.7 Å². The van der Waals surface area contributed by atoms with E-state index in [2.05, 4.69) is 15.6 Å². The number of carbonyl (C=O) groups is 3. The molecule has 0 unspecified atom stereocenters. The molecule has 0 atom stereocenters. The smallest absolute Gasteiger partial charge is 0.331 e. The number of hydrogen-bond acceptors (Lipinski definition) is 6. The lowest BCUT2D eigenvalue weighted by molar-refractivity contribution is -0.142. The summed E-state index contributed by atoms with van der Waals surface area (Å²) in [6.45, 7) is -0.448. The first-order valence-corrected chi connectivity index (χ1v) is 11.1. The van der Waals surface area contributed by atoms with Gasteiger partial charge < -0.3 is 20.1 Å². The minimum absolute atomic E-state index is 0.292. The lowest BCUT2D eigenvalue weighted by Gasteiger charge is -2.08. The molecule has 0 aliphatic rings. The molecule has 4 aromatic rings. The molecule has 0 saturated carbocycles. The molecule has 2 amide bonds. The van der Waals surface area contributed by atoms with Crippen LogP contribution in [0.3, 0.4) is 0 Å². The minimum Gasteiger partial charge on any atom is -0.497 e. The predicted molar refractivity (Wildman–Crippen MR) is 138 cm³/mol. The maximum Gasteiger partial charge on any atom is 0.331 e. The molecule has 0 aliphatic heterocycles. The number of rotatable bonds is 8. The number of para-hydroxylation sites is 1. The molecule has 0 aliphatic carbocycles. The first-order valence-electron chi connectivity index (χ1n) is 11.1. The van der Waals surface area contributed by atoms with Crippen LogP contribution in [0.4, 0.5) is 11.4 Å². The van der Waals surface area contributed by atoms with E-state index < -0.39 is 18.5 Å². The van der Waals surface area contributed by atoms with Gasteiger partial charge in [0.15, 0.2) is 6.61 Å². The van der Waals surface area contributed by atoms with Gasteiger partial charge in [-0.1, -0.05) is 24.3 Å². The number of anilines is 2. The third-order valence-corrected chi connectivity index (χ3v) is 5.19. The van der Waals surface area contributed by atoms with Gasteiger partial charge in [-0.2, -0.15) is 0 Å². The highest BCUT2D eigenvalue weighted by Gasteiger charge is 2.09. The van der Waals surface area contributed by atoms with Crippen LogP contribution < -0.4 is 15.4 Å². The molecule has 3 aromatic carbocycles. The highest BCUT2D eigenvalue weighted by molar-refractivity contribution is 6.04. The number of ether oxygens (including phenoxy) is 2. The molecule has 0 saturated heterocycles. The maximum atomic E-state index is 12.4. The summed E-state index contributed by atoms with van der Waals surface area (Å²) in [4.78, 5) is 41.0. The Morgan fingerprint density at radius 2 is 1.56 bits per heavy atom. The Morgan fingerprint density at radius 1 is 0.861 bits per heavy atom. The molecule has 2 N–H and O–H groups in total. The van der Waals surface area contributed by atoms with E-state index in [4.69, 9.17) is 9.47 Å². The fraction of sp³-hybridized carbons (Fsp3) is 0.0714. The van der Waals surface area contributed by atoms with Crippen molar-refractivity contribution in [2.24, 2.45) is 0 Å². The second-order valence-corrected chi connectivity index (χ2v) is 7.67. The summed E-state index contributed by atoms with van der Waals surface area (Å²) < 4.78 is 10.1. The van der Waals surface area contributed by atoms with Crippen molar-refractivity contribution in [2.75, 3.05) is 24.4 Å². The van der Waals surface area contributed by atoms with E-state index in [1.165, 1.54) is 6.08 Å². The van der Waals surface area contributed by atoms with Gasteiger partial charge >= 0.3 is 5.97 Å². The van der Waals surface area contributed by atoms with Crippen LogP contribution in [0.5, 0.6) is 5.75 Å². The summed E-state index contributed by atoms with van der Waals surface area (Å²) in [6, 6.07) is 22.7. The molecular weight excluding hydrogens is 458 g/mol. The van der Waals surface area contributed by atoms with E-state index in [9.17, 15) is 14.4 Å². The van der Waals surface area contributed by atoms with Crippen molar-refractivity contribution in [3.05, 3.63) is 102 Å². The zero-order chi connectivity index (χ0) is 25.3. The van der Waals surface area contributed by atoms with Gasteiger partial charge in [-0.05, 0) is 60.7 Å². The second-order valence-electron chi connectivity index (χ2n) is 7.67.